The lowest BCUT2D eigenvalue weighted by Crippen LogP contribution is -2.16. The van der Waals surface area contributed by atoms with Crippen molar-refractivity contribution in [2.24, 2.45) is 0 Å². The summed E-state index contributed by atoms with van der Waals surface area (Å²) in [5.41, 5.74) is 19.4. The van der Waals surface area contributed by atoms with Gasteiger partial charge in [0.05, 0.1) is 16.7 Å². The van der Waals surface area contributed by atoms with Crippen molar-refractivity contribution in [2.75, 3.05) is 4.90 Å². The molecule has 65 heavy (non-hydrogen) atoms. The predicted octanol–water partition coefficient (Wildman–Crippen LogP) is 17.3. The number of nitrogens with zero attached hydrogens (tertiary/aromatic N) is 2. The van der Waals surface area contributed by atoms with Gasteiger partial charge >= 0.3 is 0 Å². The topological polar surface area (TPSA) is 8.17 Å². The molecule has 0 saturated heterocycles. The van der Waals surface area contributed by atoms with Gasteiger partial charge in [0, 0.05) is 38.6 Å². The van der Waals surface area contributed by atoms with E-state index in [0.717, 1.165) is 17.1 Å². The molecule has 13 rings (SSSR count). The summed E-state index contributed by atoms with van der Waals surface area (Å²) >= 11 is 0. The van der Waals surface area contributed by atoms with Gasteiger partial charge in [-0.2, -0.15) is 0 Å². The van der Waals surface area contributed by atoms with E-state index in [0.29, 0.717) is 0 Å². The average molecular weight is 829 g/mol. The van der Waals surface area contributed by atoms with Crippen LogP contribution in [0.2, 0.25) is 0 Å². The monoisotopic (exact) mass is 828 g/mol. The standard InChI is InChI=1S/C63H44N2/c1-63(2)56-38-47(49-37-48-24-23-46-19-12-22-59-61(46)62(48)60(39-49)65(59)58-21-11-18-45-17-9-10-20-53(45)58)29-35-54(56)55-36-34-52(40-57(55)63)64(50-30-25-43(26-31-50)41-13-5-3-6-14-41)51-32-27-44(28-33-51)42-15-7-4-8-16-42/h3-40H,1-2H3. The fraction of sp³-hybridized carbons (Fsp3) is 0.0476. The van der Waals surface area contributed by atoms with Crippen molar-refractivity contribution in [3.63, 3.8) is 0 Å². The highest BCUT2D eigenvalue weighted by atomic mass is 15.1. The molecule has 306 valence electrons. The molecule has 0 fully saturated rings. The molecule has 0 N–H and O–H groups in total. The zero-order valence-corrected chi connectivity index (χ0v) is 36.3. The summed E-state index contributed by atoms with van der Waals surface area (Å²) < 4.78 is 2.50. The van der Waals surface area contributed by atoms with Gasteiger partial charge in [-0.15, -0.1) is 0 Å². The van der Waals surface area contributed by atoms with Gasteiger partial charge in [-0.3, -0.25) is 0 Å². The first-order valence-corrected chi connectivity index (χ1v) is 22.7. The lowest BCUT2D eigenvalue weighted by molar-refractivity contribution is 0.660. The number of hydrogen-bond donors (Lipinski definition) is 0. The van der Waals surface area contributed by atoms with Gasteiger partial charge in [0.1, 0.15) is 0 Å². The summed E-state index contributed by atoms with van der Waals surface area (Å²) in [7, 11) is 0. The van der Waals surface area contributed by atoms with Gasteiger partial charge in [-0.25, -0.2) is 0 Å². The maximum atomic E-state index is 2.50. The number of aromatic nitrogens is 1. The van der Waals surface area contributed by atoms with Gasteiger partial charge in [-0.1, -0.05) is 178 Å². The molecule has 0 radical (unpaired) electrons. The minimum absolute atomic E-state index is 0.234. The van der Waals surface area contributed by atoms with Crippen molar-refractivity contribution in [1.82, 2.24) is 4.57 Å². The Morgan fingerprint density at radius 1 is 0.338 bits per heavy atom. The van der Waals surface area contributed by atoms with Crippen molar-refractivity contribution in [3.05, 3.63) is 242 Å². The van der Waals surface area contributed by atoms with Gasteiger partial charge < -0.3 is 9.47 Å². The first-order chi connectivity index (χ1) is 32.0. The summed E-state index contributed by atoms with van der Waals surface area (Å²) in [6, 6.07) is 85.1. The first-order valence-electron chi connectivity index (χ1n) is 22.7. The summed E-state index contributed by atoms with van der Waals surface area (Å²) in [4.78, 5) is 2.41. The molecular formula is C63H44N2. The molecule has 1 aliphatic rings. The zero-order valence-electron chi connectivity index (χ0n) is 36.3. The quantitative estimate of drug-likeness (QED) is 0.145. The highest BCUT2D eigenvalue weighted by molar-refractivity contribution is 6.25. The van der Waals surface area contributed by atoms with Gasteiger partial charge in [-0.05, 0) is 139 Å². The van der Waals surface area contributed by atoms with E-state index in [4.69, 9.17) is 0 Å². The van der Waals surface area contributed by atoms with Crippen LogP contribution in [0.4, 0.5) is 17.1 Å². The number of benzene rings is 11. The minimum Gasteiger partial charge on any atom is -0.310 e. The Morgan fingerprint density at radius 3 is 1.57 bits per heavy atom. The SMILES string of the molecule is CC1(C)c2cc(-c3cc4ccc5cccc6c5c4c(c3)n6-c3cccc4ccccc34)ccc2-c2ccc(N(c3ccc(-c4ccccc4)cc3)c3ccc(-c4ccccc4)cc3)cc21. The largest absolute Gasteiger partial charge is 0.310 e. The number of fused-ring (bicyclic) bond motifs is 4. The average Bonchev–Trinajstić information content (AvgIpc) is 3.82. The second-order valence-electron chi connectivity index (χ2n) is 18.1. The Hall–Kier alpha value is -8.20. The van der Waals surface area contributed by atoms with E-state index < -0.39 is 0 Å². The third-order valence-electron chi connectivity index (χ3n) is 14.1. The molecule has 1 aliphatic carbocycles. The van der Waals surface area contributed by atoms with Crippen molar-refractivity contribution in [2.45, 2.75) is 19.3 Å². The number of hydrogen-bond acceptors (Lipinski definition) is 1. The van der Waals surface area contributed by atoms with Gasteiger partial charge in [0.25, 0.3) is 0 Å². The van der Waals surface area contributed by atoms with E-state index in [1.54, 1.807) is 0 Å². The van der Waals surface area contributed by atoms with Crippen molar-refractivity contribution in [3.8, 4) is 50.2 Å². The van der Waals surface area contributed by atoms with Crippen LogP contribution in [-0.4, -0.2) is 4.57 Å². The van der Waals surface area contributed by atoms with Crippen LogP contribution in [-0.2, 0) is 5.41 Å². The second-order valence-corrected chi connectivity index (χ2v) is 18.1. The second kappa shape index (κ2) is 14.4. The van der Waals surface area contributed by atoms with Crippen LogP contribution in [0, 0.1) is 0 Å². The predicted molar refractivity (Wildman–Crippen MR) is 276 cm³/mol. The molecule has 2 heteroatoms. The molecule has 1 heterocycles. The molecule has 0 unspecified atom stereocenters. The van der Waals surface area contributed by atoms with E-state index in [1.165, 1.54) is 105 Å². The highest BCUT2D eigenvalue weighted by Gasteiger charge is 2.36. The molecule has 11 aromatic carbocycles. The molecule has 0 saturated carbocycles. The Labute approximate surface area is 379 Å². The van der Waals surface area contributed by atoms with E-state index in [1.807, 2.05) is 0 Å². The van der Waals surface area contributed by atoms with Gasteiger partial charge in [0.15, 0.2) is 0 Å². The Morgan fingerprint density at radius 2 is 0.862 bits per heavy atom. The molecule has 0 amide bonds. The molecule has 0 atom stereocenters. The van der Waals surface area contributed by atoms with E-state index in [9.17, 15) is 0 Å². The van der Waals surface area contributed by atoms with Crippen LogP contribution >= 0.6 is 0 Å². The maximum absolute atomic E-state index is 2.50. The van der Waals surface area contributed by atoms with Crippen molar-refractivity contribution < 1.29 is 0 Å². The summed E-state index contributed by atoms with van der Waals surface area (Å²) in [6.45, 7) is 4.79. The molecule has 12 aromatic rings. The Kier molecular flexibility index (Phi) is 8.29. The molecule has 0 spiro atoms. The van der Waals surface area contributed by atoms with Crippen LogP contribution in [0.15, 0.2) is 231 Å². The van der Waals surface area contributed by atoms with E-state index in [-0.39, 0.29) is 5.41 Å². The fourth-order valence-corrected chi connectivity index (χ4v) is 10.9. The van der Waals surface area contributed by atoms with Crippen LogP contribution in [0.1, 0.15) is 25.0 Å². The summed E-state index contributed by atoms with van der Waals surface area (Å²) in [5.74, 6) is 0. The summed E-state index contributed by atoms with van der Waals surface area (Å²) in [6.07, 6.45) is 0. The van der Waals surface area contributed by atoms with Crippen LogP contribution in [0.3, 0.4) is 0 Å². The lowest BCUT2D eigenvalue weighted by atomic mass is 9.81. The van der Waals surface area contributed by atoms with E-state index >= 15 is 0 Å². The molecule has 2 nitrogen and oxygen atoms in total. The lowest BCUT2D eigenvalue weighted by Gasteiger charge is -2.28. The highest BCUT2D eigenvalue weighted by Crippen LogP contribution is 2.52. The zero-order chi connectivity index (χ0) is 43.2. The normalized spacial score (nSPS) is 12.9. The third-order valence-corrected chi connectivity index (χ3v) is 14.1. The first kappa shape index (κ1) is 37.4. The van der Waals surface area contributed by atoms with Crippen LogP contribution in [0.5, 0.6) is 0 Å². The Bertz CT molecular complexity index is 3680. The van der Waals surface area contributed by atoms with Crippen LogP contribution < -0.4 is 4.90 Å². The molecule has 1 aromatic heterocycles. The number of rotatable bonds is 7. The molecule has 0 aliphatic heterocycles. The minimum atomic E-state index is -0.234. The van der Waals surface area contributed by atoms with Crippen molar-refractivity contribution in [1.29, 1.82) is 0 Å². The number of anilines is 3. The maximum Gasteiger partial charge on any atom is 0.0553 e. The smallest absolute Gasteiger partial charge is 0.0553 e. The Balaban J connectivity index is 0.922. The third kappa shape index (κ3) is 5.88. The molecular weight excluding hydrogens is 785 g/mol. The van der Waals surface area contributed by atoms with Gasteiger partial charge in [0.2, 0.25) is 0 Å². The van der Waals surface area contributed by atoms with Crippen LogP contribution in [0.25, 0.3) is 93.5 Å². The molecule has 0 bridgehead atoms. The fourth-order valence-electron chi connectivity index (χ4n) is 10.9. The van der Waals surface area contributed by atoms with Crippen molar-refractivity contribution >= 4 is 60.4 Å². The summed E-state index contributed by atoms with van der Waals surface area (Å²) in [5, 5.41) is 7.69. The van der Waals surface area contributed by atoms with E-state index in [2.05, 4.69) is 254 Å².